The van der Waals surface area contributed by atoms with Crippen molar-refractivity contribution in [1.29, 1.82) is 0 Å². The molecule has 6 nitrogen and oxygen atoms in total. The van der Waals surface area contributed by atoms with E-state index >= 15 is 4.39 Å². The lowest BCUT2D eigenvalue weighted by Gasteiger charge is -2.19. The smallest absolute Gasteiger partial charge is 0.304 e. The number of ether oxygens (including phenoxy) is 2. The van der Waals surface area contributed by atoms with Gasteiger partial charge in [-0.2, -0.15) is 0 Å². The molecule has 1 aliphatic carbocycles. The van der Waals surface area contributed by atoms with Crippen molar-refractivity contribution in [2.45, 2.75) is 45.1 Å². The highest BCUT2D eigenvalue weighted by molar-refractivity contribution is 5.81. The minimum atomic E-state index is -0.857. The number of benzene rings is 3. The van der Waals surface area contributed by atoms with Crippen LogP contribution >= 0.6 is 0 Å². The van der Waals surface area contributed by atoms with E-state index in [9.17, 15) is 4.79 Å². The Hall–Kier alpha value is -4.26. The molecular weight excluding hydrogens is 483 g/mol. The Balaban J connectivity index is 1.46. The molecule has 0 radical (unpaired) electrons. The summed E-state index contributed by atoms with van der Waals surface area (Å²) in [6.07, 6.45) is 5.70. The molecule has 1 heterocycles. The van der Waals surface area contributed by atoms with Gasteiger partial charge >= 0.3 is 5.97 Å². The number of carbonyl (C=O) groups is 1. The van der Waals surface area contributed by atoms with Crippen molar-refractivity contribution in [2.75, 3.05) is 6.61 Å². The van der Waals surface area contributed by atoms with E-state index in [2.05, 4.69) is 12.1 Å². The van der Waals surface area contributed by atoms with Gasteiger partial charge in [0.2, 0.25) is 0 Å². The molecule has 2 atom stereocenters. The third kappa shape index (κ3) is 4.60. The average molecular weight is 515 g/mol. The van der Waals surface area contributed by atoms with Crippen molar-refractivity contribution in [1.82, 2.24) is 0 Å². The molecule has 3 aromatic carbocycles. The number of halogens is 1. The number of nitrogens with two attached hydrogens (primary N) is 2. The molecule has 3 aromatic rings. The lowest BCUT2D eigenvalue weighted by Crippen LogP contribution is -2.07. The lowest BCUT2D eigenvalue weighted by molar-refractivity contribution is -0.137. The Morgan fingerprint density at radius 1 is 1.16 bits per heavy atom. The topological polar surface area (TPSA) is 108 Å². The zero-order valence-corrected chi connectivity index (χ0v) is 21.5. The van der Waals surface area contributed by atoms with E-state index in [1.165, 1.54) is 18.5 Å². The van der Waals surface area contributed by atoms with Gasteiger partial charge in [0.15, 0.2) is 0 Å². The molecule has 0 amide bonds. The molecule has 0 unspecified atom stereocenters. The van der Waals surface area contributed by atoms with Crippen molar-refractivity contribution < 1.29 is 23.8 Å². The van der Waals surface area contributed by atoms with Gasteiger partial charge in [0.25, 0.3) is 0 Å². The average Bonchev–Trinajstić information content (AvgIpc) is 3.47. The summed E-state index contributed by atoms with van der Waals surface area (Å²) in [5, 5.41) is 9.14. The number of hydrogen-bond acceptors (Lipinski definition) is 5. The first-order valence-corrected chi connectivity index (χ1v) is 12.7. The Morgan fingerprint density at radius 2 is 1.92 bits per heavy atom. The second-order valence-corrected chi connectivity index (χ2v) is 9.90. The molecule has 5 N–H and O–H groups in total. The number of aryl methyl sites for hydroxylation is 2. The van der Waals surface area contributed by atoms with Gasteiger partial charge < -0.3 is 26.0 Å². The fourth-order valence-electron chi connectivity index (χ4n) is 5.81. The number of carboxylic acid groups (broad SMARTS) is 1. The van der Waals surface area contributed by atoms with Crippen LogP contribution in [-0.2, 0) is 11.2 Å². The summed E-state index contributed by atoms with van der Waals surface area (Å²) in [7, 11) is 0. The third-order valence-corrected chi connectivity index (χ3v) is 7.44. The zero-order chi connectivity index (χ0) is 27.0. The summed E-state index contributed by atoms with van der Waals surface area (Å²) in [5.74, 6) is -0.108. The predicted molar refractivity (Wildman–Crippen MR) is 145 cm³/mol. The van der Waals surface area contributed by atoms with E-state index in [-0.39, 0.29) is 18.2 Å². The molecule has 2 aliphatic rings. The van der Waals surface area contributed by atoms with Crippen molar-refractivity contribution >= 4 is 11.5 Å². The Kier molecular flexibility index (Phi) is 6.85. The second-order valence-electron chi connectivity index (χ2n) is 9.90. The van der Waals surface area contributed by atoms with Crippen LogP contribution in [0.3, 0.4) is 0 Å². The highest BCUT2D eigenvalue weighted by Gasteiger charge is 2.32. The number of aliphatic carboxylic acids is 1. The van der Waals surface area contributed by atoms with Gasteiger partial charge in [0, 0.05) is 29.3 Å². The predicted octanol–water partition coefficient (Wildman–Crippen LogP) is 5.90. The SMILES string of the molecule is Cc1cc(C(/C=C\N)=C/N)cc(C)c1-c1ccc(F)c2c1CC[C@H]2Oc1ccc2c(c1)OC[C@H]2CC(=O)O. The number of rotatable bonds is 7. The zero-order valence-electron chi connectivity index (χ0n) is 21.5. The number of fused-ring (bicyclic) bond motifs is 2. The first kappa shape index (κ1) is 25.4. The van der Waals surface area contributed by atoms with E-state index in [0.717, 1.165) is 44.5 Å². The number of hydrogen-bond donors (Lipinski definition) is 3. The Bertz CT molecular complexity index is 1450. The molecule has 0 bridgehead atoms. The lowest BCUT2D eigenvalue weighted by atomic mass is 9.88. The Morgan fingerprint density at radius 3 is 2.61 bits per heavy atom. The molecule has 0 saturated carbocycles. The van der Waals surface area contributed by atoms with Gasteiger partial charge in [-0.1, -0.05) is 24.3 Å². The van der Waals surface area contributed by atoms with Crippen molar-refractivity contribution in [3.05, 3.63) is 100 Å². The van der Waals surface area contributed by atoms with Crippen LogP contribution in [0.1, 0.15) is 58.2 Å². The minimum Gasteiger partial charge on any atom is -0.492 e. The van der Waals surface area contributed by atoms with Crippen molar-refractivity contribution in [2.24, 2.45) is 11.5 Å². The van der Waals surface area contributed by atoms with Gasteiger partial charge in [-0.25, -0.2) is 4.39 Å². The first-order valence-electron chi connectivity index (χ1n) is 12.7. The van der Waals surface area contributed by atoms with E-state index in [1.54, 1.807) is 12.1 Å². The third-order valence-electron chi connectivity index (χ3n) is 7.44. The van der Waals surface area contributed by atoms with Gasteiger partial charge in [0.1, 0.15) is 23.4 Å². The van der Waals surface area contributed by atoms with Gasteiger partial charge in [-0.05, 0) is 90.1 Å². The maximum absolute atomic E-state index is 15.2. The molecule has 0 saturated heterocycles. The van der Waals surface area contributed by atoms with Crippen LogP contribution in [0.2, 0.25) is 0 Å². The molecular formula is C31H31FN2O4. The van der Waals surface area contributed by atoms with Gasteiger partial charge in [-0.3, -0.25) is 4.79 Å². The molecule has 196 valence electrons. The molecule has 5 rings (SSSR count). The van der Waals surface area contributed by atoms with Gasteiger partial charge in [-0.15, -0.1) is 0 Å². The van der Waals surface area contributed by atoms with Crippen LogP contribution in [0.5, 0.6) is 11.5 Å². The summed E-state index contributed by atoms with van der Waals surface area (Å²) in [4.78, 5) is 11.1. The molecule has 38 heavy (non-hydrogen) atoms. The monoisotopic (exact) mass is 514 g/mol. The van der Waals surface area contributed by atoms with Crippen LogP contribution in [0, 0.1) is 19.7 Å². The largest absolute Gasteiger partial charge is 0.492 e. The quantitative estimate of drug-likeness (QED) is 0.339. The molecule has 0 fully saturated rings. The maximum Gasteiger partial charge on any atom is 0.304 e. The highest BCUT2D eigenvalue weighted by atomic mass is 19.1. The van der Waals surface area contributed by atoms with Crippen LogP contribution in [-0.4, -0.2) is 17.7 Å². The molecule has 0 aromatic heterocycles. The summed E-state index contributed by atoms with van der Waals surface area (Å²) in [5.41, 5.74) is 19.8. The van der Waals surface area contributed by atoms with E-state index in [0.29, 0.717) is 36.5 Å². The maximum atomic E-state index is 15.2. The fourth-order valence-corrected chi connectivity index (χ4v) is 5.81. The van der Waals surface area contributed by atoms with Gasteiger partial charge in [0.05, 0.1) is 13.0 Å². The normalized spacial score (nSPS) is 18.3. The standard InChI is InChI=1S/C31H31FN2O4/c1-17-11-20(19(15-34)9-10-33)12-18(2)30(17)24-5-7-26(32)31-25(24)6-8-27(31)38-22-3-4-23-21(13-29(35)36)16-37-28(23)14-22/h3-5,7,9-12,14-15,21,27H,6,8,13,16,33-34H2,1-2H3,(H,35,36)/b10-9-,19-15+/t21-,27-/m1/s1. The fraction of sp³-hybridized carbons (Fsp3) is 0.258. The van der Waals surface area contributed by atoms with Crippen molar-refractivity contribution in [3.63, 3.8) is 0 Å². The summed E-state index contributed by atoms with van der Waals surface area (Å²) >= 11 is 0. The van der Waals surface area contributed by atoms with Crippen LogP contribution in [0.15, 0.2) is 60.9 Å². The summed E-state index contributed by atoms with van der Waals surface area (Å²) < 4.78 is 27.2. The minimum absolute atomic E-state index is 0.0184. The first-order chi connectivity index (χ1) is 18.3. The summed E-state index contributed by atoms with van der Waals surface area (Å²) in [6.45, 7) is 4.43. The van der Waals surface area contributed by atoms with Crippen LogP contribution < -0.4 is 20.9 Å². The molecule has 0 spiro atoms. The van der Waals surface area contributed by atoms with Crippen LogP contribution in [0.4, 0.5) is 4.39 Å². The van der Waals surface area contributed by atoms with Crippen molar-refractivity contribution in [3.8, 4) is 22.6 Å². The number of carboxylic acids is 1. The highest BCUT2D eigenvalue weighted by Crippen LogP contribution is 2.45. The number of allylic oxidation sites excluding steroid dienone is 2. The van der Waals surface area contributed by atoms with E-state index < -0.39 is 12.1 Å². The summed E-state index contributed by atoms with van der Waals surface area (Å²) in [6, 6.07) is 13.0. The molecule has 7 heteroatoms. The van der Waals surface area contributed by atoms with Crippen LogP contribution in [0.25, 0.3) is 16.7 Å². The van der Waals surface area contributed by atoms with E-state index in [4.69, 9.17) is 26.0 Å². The second kappa shape index (κ2) is 10.2. The Labute approximate surface area is 221 Å². The van der Waals surface area contributed by atoms with E-state index in [1.807, 2.05) is 32.0 Å². The molecule has 1 aliphatic heterocycles.